The SMILES string of the molecule is C/C(N)=C/C(=N)c1nc2c(n1C)CN([C@H]1CO[C@H](c3cc(F)ccc3F)[C@@H](N)C1)C2. The summed E-state index contributed by atoms with van der Waals surface area (Å²) >= 11 is 0. The van der Waals surface area contributed by atoms with Crippen LogP contribution in [-0.4, -0.2) is 38.9 Å². The third-order valence-electron chi connectivity index (χ3n) is 5.80. The predicted molar refractivity (Wildman–Crippen MR) is 109 cm³/mol. The molecule has 5 N–H and O–H groups in total. The van der Waals surface area contributed by atoms with Crippen LogP contribution in [0.15, 0.2) is 30.0 Å². The molecule has 2 aliphatic heterocycles. The van der Waals surface area contributed by atoms with Gasteiger partial charge in [-0.25, -0.2) is 13.8 Å². The van der Waals surface area contributed by atoms with Crippen molar-refractivity contribution in [2.24, 2.45) is 18.5 Å². The number of aromatic nitrogens is 2. The van der Waals surface area contributed by atoms with Gasteiger partial charge in [-0.3, -0.25) is 10.3 Å². The van der Waals surface area contributed by atoms with E-state index >= 15 is 0 Å². The first-order valence-corrected chi connectivity index (χ1v) is 9.88. The summed E-state index contributed by atoms with van der Waals surface area (Å²) < 4.78 is 35.5. The van der Waals surface area contributed by atoms with Gasteiger partial charge in [0, 0.05) is 43.5 Å². The highest BCUT2D eigenvalue weighted by Gasteiger charge is 2.37. The fourth-order valence-electron chi connectivity index (χ4n) is 4.30. The Bertz CT molecular complexity index is 1010. The molecule has 30 heavy (non-hydrogen) atoms. The quantitative estimate of drug-likeness (QED) is 0.662. The Balaban J connectivity index is 1.45. The van der Waals surface area contributed by atoms with E-state index in [1.54, 1.807) is 13.0 Å². The van der Waals surface area contributed by atoms with Crippen molar-refractivity contribution in [2.75, 3.05) is 6.61 Å². The van der Waals surface area contributed by atoms with Crippen molar-refractivity contribution in [3.05, 3.63) is 64.4 Å². The van der Waals surface area contributed by atoms with Crippen LogP contribution < -0.4 is 11.5 Å². The van der Waals surface area contributed by atoms with Crippen LogP contribution in [0.25, 0.3) is 0 Å². The van der Waals surface area contributed by atoms with Crippen molar-refractivity contribution in [1.29, 1.82) is 5.41 Å². The van der Waals surface area contributed by atoms with Crippen LogP contribution in [0.2, 0.25) is 0 Å². The molecule has 0 aliphatic carbocycles. The molecule has 0 amide bonds. The second kappa shape index (κ2) is 7.90. The number of hydrogen-bond acceptors (Lipinski definition) is 6. The highest BCUT2D eigenvalue weighted by Crippen LogP contribution is 2.34. The first kappa shape index (κ1) is 20.6. The van der Waals surface area contributed by atoms with Crippen LogP contribution in [-0.2, 0) is 24.9 Å². The maximum Gasteiger partial charge on any atom is 0.158 e. The van der Waals surface area contributed by atoms with Crippen LogP contribution in [0.5, 0.6) is 0 Å². The fourth-order valence-corrected chi connectivity index (χ4v) is 4.30. The molecule has 1 fully saturated rings. The zero-order valence-electron chi connectivity index (χ0n) is 17.0. The summed E-state index contributed by atoms with van der Waals surface area (Å²) in [6.45, 7) is 3.40. The fraction of sp³-hybridized carbons (Fsp3) is 0.429. The molecule has 3 atom stereocenters. The third kappa shape index (κ3) is 3.76. The van der Waals surface area contributed by atoms with E-state index in [0.29, 0.717) is 37.6 Å². The average Bonchev–Trinajstić information content (AvgIpc) is 3.23. The van der Waals surface area contributed by atoms with Crippen molar-refractivity contribution >= 4 is 5.71 Å². The smallest absolute Gasteiger partial charge is 0.158 e. The maximum absolute atomic E-state index is 14.1. The summed E-state index contributed by atoms with van der Waals surface area (Å²) in [5.41, 5.74) is 15.0. The molecule has 0 spiro atoms. The van der Waals surface area contributed by atoms with E-state index in [4.69, 9.17) is 21.6 Å². The molecule has 2 aromatic rings. The third-order valence-corrected chi connectivity index (χ3v) is 5.80. The van der Waals surface area contributed by atoms with E-state index in [2.05, 4.69) is 9.88 Å². The number of fused-ring (bicyclic) bond motifs is 1. The minimum absolute atomic E-state index is 0.0520. The summed E-state index contributed by atoms with van der Waals surface area (Å²) in [5, 5.41) is 8.17. The normalized spacial score (nSPS) is 24.8. The predicted octanol–water partition coefficient (Wildman–Crippen LogP) is 2.10. The van der Waals surface area contributed by atoms with Gasteiger partial charge in [-0.05, 0) is 37.6 Å². The number of nitrogens with one attached hydrogen (secondary N) is 1. The number of nitrogens with two attached hydrogens (primary N) is 2. The van der Waals surface area contributed by atoms with Gasteiger partial charge < -0.3 is 20.8 Å². The van der Waals surface area contributed by atoms with E-state index in [0.717, 1.165) is 29.6 Å². The number of halogens is 2. The summed E-state index contributed by atoms with van der Waals surface area (Å²) in [6, 6.07) is 2.95. The monoisotopic (exact) mass is 416 g/mol. The van der Waals surface area contributed by atoms with Gasteiger partial charge in [-0.2, -0.15) is 0 Å². The summed E-state index contributed by atoms with van der Waals surface area (Å²) in [7, 11) is 1.89. The Labute approximate surface area is 173 Å². The first-order valence-electron chi connectivity index (χ1n) is 9.88. The summed E-state index contributed by atoms with van der Waals surface area (Å²) in [5.74, 6) is -0.432. The molecule has 1 aromatic carbocycles. The molecule has 9 heteroatoms. The molecule has 1 saturated heterocycles. The molecule has 1 aromatic heterocycles. The highest BCUT2D eigenvalue weighted by atomic mass is 19.1. The largest absolute Gasteiger partial charge is 0.402 e. The van der Waals surface area contributed by atoms with Crippen LogP contribution >= 0.6 is 0 Å². The van der Waals surface area contributed by atoms with Gasteiger partial charge in [0.05, 0.1) is 23.7 Å². The molecule has 2 aliphatic rings. The van der Waals surface area contributed by atoms with Crippen LogP contribution in [0.1, 0.15) is 42.2 Å². The zero-order chi connectivity index (χ0) is 21.6. The second-order valence-electron chi connectivity index (χ2n) is 8.07. The Kier molecular flexibility index (Phi) is 5.44. The van der Waals surface area contributed by atoms with Crippen molar-refractivity contribution < 1.29 is 13.5 Å². The molecule has 0 radical (unpaired) electrons. The molecule has 3 heterocycles. The number of benzene rings is 1. The lowest BCUT2D eigenvalue weighted by molar-refractivity contribution is -0.0535. The number of nitrogens with zero attached hydrogens (tertiary/aromatic N) is 3. The van der Waals surface area contributed by atoms with Crippen molar-refractivity contribution in [3.63, 3.8) is 0 Å². The lowest BCUT2D eigenvalue weighted by Crippen LogP contribution is -2.48. The van der Waals surface area contributed by atoms with Gasteiger partial charge in [0.15, 0.2) is 5.82 Å². The minimum Gasteiger partial charge on any atom is -0.402 e. The van der Waals surface area contributed by atoms with E-state index in [1.165, 1.54) is 0 Å². The number of imidazole rings is 1. The molecule has 4 rings (SSSR count). The van der Waals surface area contributed by atoms with Crippen molar-refractivity contribution in [3.8, 4) is 0 Å². The highest BCUT2D eigenvalue weighted by molar-refractivity contribution is 6.04. The van der Waals surface area contributed by atoms with Gasteiger partial charge in [-0.15, -0.1) is 0 Å². The molecule has 0 saturated carbocycles. The maximum atomic E-state index is 14.1. The number of hydrogen-bond donors (Lipinski definition) is 3. The van der Waals surface area contributed by atoms with Gasteiger partial charge in [0.1, 0.15) is 17.7 Å². The van der Waals surface area contributed by atoms with Gasteiger partial charge in [0.25, 0.3) is 0 Å². The van der Waals surface area contributed by atoms with E-state index in [9.17, 15) is 8.78 Å². The Hall–Kier alpha value is -2.62. The molecular formula is C21H26F2N6O. The van der Waals surface area contributed by atoms with Gasteiger partial charge >= 0.3 is 0 Å². The van der Waals surface area contributed by atoms with E-state index in [1.807, 2.05) is 11.6 Å². The lowest BCUT2D eigenvalue weighted by atomic mass is 9.93. The van der Waals surface area contributed by atoms with Crippen molar-refractivity contribution in [1.82, 2.24) is 14.5 Å². The number of ether oxygens (including phenoxy) is 1. The molecule has 7 nitrogen and oxygen atoms in total. The summed E-state index contributed by atoms with van der Waals surface area (Å²) in [6.07, 6.45) is 1.53. The van der Waals surface area contributed by atoms with Crippen molar-refractivity contribution in [2.45, 2.75) is 44.6 Å². The Morgan fingerprint density at radius 2 is 2.10 bits per heavy atom. The van der Waals surface area contributed by atoms with Crippen LogP contribution in [0.4, 0.5) is 8.78 Å². The molecule has 0 unspecified atom stereocenters. The second-order valence-corrected chi connectivity index (χ2v) is 8.07. The van der Waals surface area contributed by atoms with Gasteiger partial charge in [0.2, 0.25) is 0 Å². The average molecular weight is 416 g/mol. The van der Waals surface area contributed by atoms with Gasteiger partial charge in [-0.1, -0.05) is 0 Å². The Morgan fingerprint density at radius 1 is 1.33 bits per heavy atom. The molecule has 160 valence electrons. The zero-order valence-corrected chi connectivity index (χ0v) is 17.0. The Morgan fingerprint density at radius 3 is 2.77 bits per heavy atom. The first-order chi connectivity index (χ1) is 14.2. The minimum atomic E-state index is -0.668. The van der Waals surface area contributed by atoms with E-state index in [-0.39, 0.29) is 17.3 Å². The number of allylic oxidation sites excluding steroid dienone is 2. The topological polar surface area (TPSA) is 106 Å². The molecular weight excluding hydrogens is 390 g/mol. The summed E-state index contributed by atoms with van der Waals surface area (Å²) in [4.78, 5) is 6.85. The molecule has 0 bridgehead atoms. The lowest BCUT2D eigenvalue weighted by Gasteiger charge is -2.38. The van der Waals surface area contributed by atoms with Crippen LogP contribution in [0, 0.1) is 17.0 Å². The van der Waals surface area contributed by atoms with Crippen LogP contribution in [0.3, 0.4) is 0 Å². The number of rotatable bonds is 4. The standard InChI is InChI=1S/C21H26F2N6O/c1-11(24)5-17(26)21-27-18-8-29(9-19(18)28(21)2)13-7-16(25)20(30-10-13)14-6-12(22)3-4-15(14)23/h3-6,13,16,20,26H,7-10,24-25H2,1-2H3/b11-5-,26-17?/t13-,16+,20-/m1/s1. The van der Waals surface area contributed by atoms with E-state index < -0.39 is 23.8 Å².